The van der Waals surface area contributed by atoms with E-state index in [2.05, 4.69) is 11.1 Å². The first-order valence-electron chi connectivity index (χ1n) is 7.78. The quantitative estimate of drug-likeness (QED) is 0.753. The maximum Gasteiger partial charge on any atom is 0.308 e. The lowest BCUT2D eigenvalue weighted by Gasteiger charge is -2.19. The molecule has 0 radical (unpaired) electrons. The highest BCUT2D eigenvalue weighted by Gasteiger charge is 2.17. The number of nitrogens with zero attached hydrogens (tertiary/aromatic N) is 2. The molecule has 2 rings (SSSR count). The maximum atomic E-state index is 12.0. The number of thiazole rings is 1. The van der Waals surface area contributed by atoms with E-state index in [-0.39, 0.29) is 12.5 Å². The fraction of sp³-hybridized carbons (Fsp3) is 0.471. The van der Waals surface area contributed by atoms with Crippen LogP contribution in [0.4, 0.5) is 0 Å². The Morgan fingerprint density at radius 3 is 2.74 bits per heavy atom. The summed E-state index contributed by atoms with van der Waals surface area (Å²) in [6, 6.07) is 8.07. The summed E-state index contributed by atoms with van der Waals surface area (Å²) in [5, 5.41) is 9.97. The van der Waals surface area contributed by atoms with Crippen LogP contribution >= 0.6 is 11.3 Å². The van der Waals surface area contributed by atoms with Crippen LogP contribution in [-0.4, -0.2) is 40.5 Å². The molecular formula is C17H22N2O3S. The first-order chi connectivity index (χ1) is 11.0. The number of unbranched alkanes of at least 4 members (excludes halogenated alkanes) is 1. The van der Waals surface area contributed by atoms with Gasteiger partial charge in [0.2, 0.25) is 5.91 Å². The number of hydrogen-bond acceptors (Lipinski definition) is 4. The van der Waals surface area contributed by atoms with Gasteiger partial charge in [0.1, 0.15) is 0 Å². The molecule has 2 aromatic rings. The molecule has 0 fully saturated rings. The highest BCUT2D eigenvalue weighted by molar-refractivity contribution is 7.18. The van der Waals surface area contributed by atoms with E-state index in [1.54, 1.807) is 25.3 Å². The second kappa shape index (κ2) is 8.06. The molecule has 0 aliphatic heterocycles. The van der Waals surface area contributed by atoms with Crippen molar-refractivity contribution in [3.8, 4) is 0 Å². The van der Waals surface area contributed by atoms with Crippen LogP contribution in [0.15, 0.2) is 24.3 Å². The van der Waals surface area contributed by atoms with E-state index in [4.69, 9.17) is 5.11 Å². The van der Waals surface area contributed by atoms with Crippen molar-refractivity contribution in [2.75, 3.05) is 13.6 Å². The predicted molar refractivity (Wildman–Crippen MR) is 91.6 cm³/mol. The smallest absolute Gasteiger partial charge is 0.308 e. The molecule has 1 atom stereocenters. The van der Waals surface area contributed by atoms with E-state index in [1.165, 1.54) is 9.60 Å². The number of fused-ring (bicyclic) bond motifs is 1. The number of hydrogen-bond donors (Lipinski definition) is 1. The number of carboxylic acids is 1. The molecule has 1 heterocycles. The van der Waals surface area contributed by atoms with Crippen molar-refractivity contribution in [1.82, 2.24) is 9.88 Å². The minimum Gasteiger partial charge on any atom is -0.481 e. The highest BCUT2D eigenvalue weighted by atomic mass is 32.1. The number of carboxylic acid groups (broad SMARTS) is 1. The van der Waals surface area contributed by atoms with Gasteiger partial charge in [0, 0.05) is 20.0 Å². The Labute approximate surface area is 139 Å². The van der Waals surface area contributed by atoms with E-state index in [0.29, 0.717) is 6.42 Å². The number of rotatable bonds is 8. The van der Waals surface area contributed by atoms with Crippen LogP contribution in [0.2, 0.25) is 0 Å². The second-order valence-corrected chi connectivity index (χ2v) is 6.91. The Hall–Kier alpha value is -1.95. The minimum atomic E-state index is -0.875. The zero-order valence-electron chi connectivity index (χ0n) is 13.5. The Bertz CT molecular complexity index is 650. The number of para-hydroxylation sites is 1. The predicted octanol–water partition coefficient (Wildman–Crippen LogP) is 3.19. The zero-order chi connectivity index (χ0) is 16.8. The van der Waals surface area contributed by atoms with Gasteiger partial charge >= 0.3 is 5.97 Å². The van der Waals surface area contributed by atoms with Gasteiger partial charge in [-0.1, -0.05) is 19.1 Å². The normalized spacial score (nSPS) is 12.3. The molecule has 0 aliphatic carbocycles. The number of aromatic nitrogens is 1. The zero-order valence-corrected chi connectivity index (χ0v) is 14.3. The molecule has 0 saturated carbocycles. The third-order valence-corrected chi connectivity index (χ3v) is 4.86. The SMILES string of the molecule is CC(CN(C)C(=O)CCCCc1nc2ccccc2s1)C(=O)O. The van der Waals surface area contributed by atoms with Gasteiger partial charge in [0.25, 0.3) is 0 Å². The van der Waals surface area contributed by atoms with Crippen LogP contribution < -0.4 is 0 Å². The Balaban J connectivity index is 1.72. The molecule has 6 heteroatoms. The molecule has 1 amide bonds. The summed E-state index contributed by atoms with van der Waals surface area (Å²) in [7, 11) is 1.66. The van der Waals surface area contributed by atoms with Crippen molar-refractivity contribution in [2.45, 2.75) is 32.6 Å². The van der Waals surface area contributed by atoms with Gasteiger partial charge < -0.3 is 10.0 Å². The standard InChI is InChI=1S/C17H22N2O3S/c1-12(17(21)22)11-19(2)16(20)10-6-5-9-15-18-13-7-3-4-8-14(13)23-15/h3-4,7-8,12H,5-6,9-11H2,1-2H3,(H,21,22). The number of benzene rings is 1. The largest absolute Gasteiger partial charge is 0.481 e. The van der Waals surface area contributed by atoms with Gasteiger partial charge in [-0.05, 0) is 31.4 Å². The number of aryl methyl sites for hydroxylation is 1. The van der Waals surface area contributed by atoms with Gasteiger partial charge in [0.05, 0.1) is 21.1 Å². The van der Waals surface area contributed by atoms with Crippen LogP contribution in [0.1, 0.15) is 31.2 Å². The van der Waals surface area contributed by atoms with Crippen molar-refractivity contribution in [3.05, 3.63) is 29.3 Å². The van der Waals surface area contributed by atoms with E-state index in [0.717, 1.165) is 29.8 Å². The van der Waals surface area contributed by atoms with Gasteiger partial charge in [-0.3, -0.25) is 9.59 Å². The van der Waals surface area contributed by atoms with E-state index in [1.807, 2.05) is 18.2 Å². The monoisotopic (exact) mass is 334 g/mol. The molecule has 23 heavy (non-hydrogen) atoms. The summed E-state index contributed by atoms with van der Waals surface area (Å²) in [6.45, 7) is 1.87. The average Bonchev–Trinajstić information content (AvgIpc) is 2.93. The summed E-state index contributed by atoms with van der Waals surface area (Å²) in [5.41, 5.74) is 1.03. The number of aliphatic carboxylic acids is 1. The molecule has 1 N–H and O–H groups in total. The van der Waals surface area contributed by atoms with E-state index in [9.17, 15) is 9.59 Å². The summed E-state index contributed by atoms with van der Waals surface area (Å²) < 4.78 is 1.20. The molecule has 0 aliphatic rings. The van der Waals surface area contributed by atoms with Crippen LogP contribution in [0, 0.1) is 5.92 Å². The molecule has 0 bridgehead atoms. The fourth-order valence-electron chi connectivity index (χ4n) is 2.36. The molecule has 1 aromatic heterocycles. The Kier molecular flexibility index (Phi) is 6.10. The van der Waals surface area contributed by atoms with Gasteiger partial charge in [-0.25, -0.2) is 4.98 Å². The second-order valence-electron chi connectivity index (χ2n) is 5.80. The van der Waals surface area contributed by atoms with Crippen LogP contribution in [0.5, 0.6) is 0 Å². The fourth-order valence-corrected chi connectivity index (χ4v) is 3.37. The van der Waals surface area contributed by atoms with Crippen molar-refractivity contribution in [2.24, 2.45) is 5.92 Å². The van der Waals surface area contributed by atoms with Gasteiger partial charge in [0.15, 0.2) is 0 Å². The number of amides is 1. The highest BCUT2D eigenvalue weighted by Crippen LogP contribution is 2.22. The van der Waals surface area contributed by atoms with Crippen molar-refractivity contribution in [1.29, 1.82) is 0 Å². The average molecular weight is 334 g/mol. The first kappa shape index (κ1) is 17.4. The van der Waals surface area contributed by atoms with Crippen molar-refractivity contribution < 1.29 is 14.7 Å². The van der Waals surface area contributed by atoms with E-state index >= 15 is 0 Å². The topological polar surface area (TPSA) is 70.5 Å². The Morgan fingerprint density at radius 1 is 1.30 bits per heavy atom. The lowest BCUT2D eigenvalue weighted by Crippen LogP contribution is -2.33. The first-order valence-corrected chi connectivity index (χ1v) is 8.60. The van der Waals surface area contributed by atoms with Crippen molar-refractivity contribution in [3.63, 3.8) is 0 Å². The number of carbonyl (C=O) groups is 2. The van der Waals surface area contributed by atoms with Crippen LogP contribution in [-0.2, 0) is 16.0 Å². The van der Waals surface area contributed by atoms with Crippen LogP contribution in [0.3, 0.4) is 0 Å². The summed E-state index contributed by atoms with van der Waals surface area (Å²) in [4.78, 5) is 28.9. The van der Waals surface area contributed by atoms with E-state index < -0.39 is 11.9 Å². The molecular weight excluding hydrogens is 312 g/mol. The third-order valence-electron chi connectivity index (χ3n) is 3.76. The minimum absolute atomic E-state index is 0.00222. The molecule has 1 unspecified atom stereocenters. The molecule has 1 aromatic carbocycles. The van der Waals surface area contributed by atoms with Crippen molar-refractivity contribution >= 4 is 33.4 Å². The lowest BCUT2D eigenvalue weighted by atomic mass is 10.1. The molecule has 124 valence electrons. The summed E-state index contributed by atoms with van der Waals surface area (Å²) >= 11 is 1.70. The van der Waals surface area contributed by atoms with Gasteiger partial charge in [-0.15, -0.1) is 11.3 Å². The molecule has 5 nitrogen and oxygen atoms in total. The molecule has 0 saturated heterocycles. The van der Waals surface area contributed by atoms with Gasteiger partial charge in [-0.2, -0.15) is 0 Å². The third kappa shape index (κ3) is 5.03. The summed E-state index contributed by atoms with van der Waals surface area (Å²) in [5.74, 6) is -1.41. The Morgan fingerprint density at radius 2 is 2.04 bits per heavy atom. The summed E-state index contributed by atoms with van der Waals surface area (Å²) in [6.07, 6.45) is 3.03. The maximum absolute atomic E-state index is 12.0. The molecule has 0 spiro atoms. The number of carbonyl (C=O) groups excluding carboxylic acids is 1. The lowest BCUT2D eigenvalue weighted by molar-refractivity contribution is -0.142. The van der Waals surface area contributed by atoms with Crippen LogP contribution in [0.25, 0.3) is 10.2 Å².